The fraction of sp³-hybridized carbons (Fsp3) is 0.444. The summed E-state index contributed by atoms with van der Waals surface area (Å²) >= 11 is 0. The first-order valence-corrected chi connectivity index (χ1v) is 7.74. The van der Waals surface area contributed by atoms with Crippen LogP contribution in [0.1, 0.15) is 44.7 Å². The maximum Gasteiger partial charge on any atom is 0.408 e. The van der Waals surface area contributed by atoms with Crippen LogP contribution in [-0.4, -0.2) is 28.8 Å². The van der Waals surface area contributed by atoms with Crippen molar-refractivity contribution in [2.24, 2.45) is 0 Å². The Hall–Kier alpha value is -2.30. The average molecular weight is 317 g/mol. The van der Waals surface area contributed by atoms with Crippen molar-refractivity contribution in [1.82, 2.24) is 5.32 Å². The molecule has 0 radical (unpaired) electrons. The summed E-state index contributed by atoms with van der Waals surface area (Å²) in [5.74, 6) is -1.06. The van der Waals surface area contributed by atoms with E-state index in [1.54, 1.807) is 20.8 Å². The number of carboxylic acid groups (broad SMARTS) is 1. The Morgan fingerprint density at radius 3 is 2.61 bits per heavy atom. The molecule has 0 fully saturated rings. The first-order valence-electron chi connectivity index (χ1n) is 7.74. The standard InChI is InChI=1S/C18H23NO4/c1-18(2,3)23-17(22)19-15(16(20)21)11-12-8-9-13-6-4-5-7-14(13)10-12/h4-7,10,15H,8-9,11H2,1-3H3,(H,19,22)(H,20,21). The van der Waals surface area contributed by atoms with Crippen LogP contribution in [-0.2, 0) is 16.0 Å². The van der Waals surface area contributed by atoms with Crippen LogP contribution in [0.5, 0.6) is 0 Å². The number of aryl methyl sites for hydroxylation is 1. The summed E-state index contributed by atoms with van der Waals surface area (Å²) in [6, 6.07) is 7.08. The Morgan fingerprint density at radius 2 is 1.96 bits per heavy atom. The van der Waals surface area contributed by atoms with Crippen LogP contribution in [0.15, 0.2) is 29.8 Å². The highest BCUT2D eigenvalue weighted by Crippen LogP contribution is 2.26. The Kier molecular flexibility index (Phi) is 5.08. The Labute approximate surface area is 136 Å². The number of alkyl carbamates (subject to hydrolysis) is 1. The molecule has 1 atom stereocenters. The van der Waals surface area contributed by atoms with Gasteiger partial charge < -0.3 is 15.2 Å². The number of nitrogens with one attached hydrogen (secondary N) is 1. The van der Waals surface area contributed by atoms with Crippen molar-refractivity contribution in [3.8, 4) is 0 Å². The fourth-order valence-electron chi connectivity index (χ4n) is 2.56. The Morgan fingerprint density at radius 1 is 1.26 bits per heavy atom. The van der Waals surface area contributed by atoms with Crippen molar-refractivity contribution in [2.45, 2.75) is 51.7 Å². The van der Waals surface area contributed by atoms with Gasteiger partial charge in [-0.2, -0.15) is 0 Å². The lowest BCUT2D eigenvalue weighted by atomic mass is 9.89. The van der Waals surface area contributed by atoms with Crippen molar-refractivity contribution in [2.75, 3.05) is 0 Å². The molecule has 2 N–H and O–H groups in total. The van der Waals surface area contributed by atoms with E-state index in [4.69, 9.17) is 4.74 Å². The van der Waals surface area contributed by atoms with Gasteiger partial charge in [-0.3, -0.25) is 0 Å². The van der Waals surface area contributed by atoms with Crippen LogP contribution in [0.2, 0.25) is 0 Å². The van der Waals surface area contributed by atoms with Crippen molar-refractivity contribution in [3.63, 3.8) is 0 Å². The third-order valence-electron chi connectivity index (χ3n) is 3.59. The topological polar surface area (TPSA) is 75.6 Å². The summed E-state index contributed by atoms with van der Waals surface area (Å²) in [5.41, 5.74) is 2.75. The zero-order chi connectivity index (χ0) is 17.0. The van der Waals surface area contributed by atoms with E-state index < -0.39 is 23.7 Å². The number of hydrogen-bond donors (Lipinski definition) is 2. The minimum Gasteiger partial charge on any atom is -0.480 e. The number of carbonyl (C=O) groups is 2. The highest BCUT2D eigenvalue weighted by atomic mass is 16.6. The second-order valence-corrected chi connectivity index (χ2v) is 6.74. The van der Waals surface area contributed by atoms with E-state index in [1.165, 1.54) is 5.56 Å². The maximum atomic E-state index is 11.8. The highest BCUT2D eigenvalue weighted by molar-refractivity contribution is 5.80. The first-order chi connectivity index (χ1) is 10.7. The average Bonchev–Trinajstić information content (AvgIpc) is 2.44. The predicted octanol–water partition coefficient (Wildman–Crippen LogP) is 3.38. The largest absolute Gasteiger partial charge is 0.480 e. The van der Waals surface area contributed by atoms with Gasteiger partial charge in [-0.05, 0) is 51.2 Å². The molecule has 0 aromatic heterocycles. The van der Waals surface area contributed by atoms with E-state index in [-0.39, 0.29) is 6.42 Å². The van der Waals surface area contributed by atoms with Crippen LogP contribution in [0.25, 0.3) is 6.08 Å². The summed E-state index contributed by atoms with van der Waals surface area (Å²) < 4.78 is 5.13. The van der Waals surface area contributed by atoms with Gasteiger partial charge in [0.15, 0.2) is 0 Å². The van der Waals surface area contributed by atoms with Crippen molar-refractivity contribution in [3.05, 3.63) is 41.0 Å². The van der Waals surface area contributed by atoms with Gasteiger partial charge in [0.2, 0.25) is 0 Å². The highest BCUT2D eigenvalue weighted by Gasteiger charge is 2.25. The van der Waals surface area contributed by atoms with Gasteiger partial charge in [0.1, 0.15) is 11.6 Å². The zero-order valence-corrected chi connectivity index (χ0v) is 13.8. The number of ether oxygens (including phenoxy) is 1. The van der Waals surface area contributed by atoms with Gasteiger partial charge in [0.25, 0.3) is 0 Å². The summed E-state index contributed by atoms with van der Waals surface area (Å²) in [6.45, 7) is 5.22. The van der Waals surface area contributed by atoms with E-state index in [0.717, 1.165) is 24.0 Å². The SMILES string of the molecule is CC(C)(C)OC(=O)NC(CC1=Cc2ccccc2CC1)C(=O)O. The molecule has 1 aliphatic rings. The number of aliphatic carboxylic acids is 1. The molecule has 5 nitrogen and oxygen atoms in total. The molecular formula is C18H23NO4. The molecule has 1 aromatic carbocycles. The Bertz CT molecular complexity index is 628. The van der Waals surface area contributed by atoms with Crippen LogP contribution >= 0.6 is 0 Å². The van der Waals surface area contributed by atoms with Gasteiger partial charge >= 0.3 is 12.1 Å². The molecule has 0 saturated carbocycles. The molecule has 0 spiro atoms. The third-order valence-corrected chi connectivity index (χ3v) is 3.59. The lowest BCUT2D eigenvalue weighted by Crippen LogP contribution is -2.43. The smallest absolute Gasteiger partial charge is 0.408 e. The van der Waals surface area contributed by atoms with E-state index >= 15 is 0 Å². The number of carboxylic acids is 1. The van der Waals surface area contributed by atoms with Gasteiger partial charge in [-0.25, -0.2) is 9.59 Å². The lowest BCUT2D eigenvalue weighted by Gasteiger charge is -2.23. The molecule has 1 amide bonds. The van der Waals surface area contributed by atoms with Crippen LogP contribution in [0, 0.1) is 0 Å². The molecule has 0 aliphatic heterocycles. The van der Waals surface area contributed by atoms with E-state index in [0.29, 0.717) is 0 Å². The fourth-order valence-corrected chi connectivity index (χ4v) is 2.56. The molecule has 0 bridgehead atoms. The third kappa shape index (κ3) is 5.13. The molecule has 23 heavy (non-hydrogen) atoms. The molecule has 1 aliphatic carbocycles. The molecule has 2 rings (SSSR count). The summed E-state index contributed by atoms with van der Waals surface area (Å²) in [7, 11) is 0. The number of benzene rings is 1. The minimum absolute atomic E-state index is 0.281. The monoisotopic (exact) mass is 317 g/mol. The van der Waals surface area contributed by atoms with Crippen molar-refractivity contribution in [1.29, 1.82) is 0 Å². The molecule has 0 heterocycles. The Balaban J connectivity index is 2.05. The number of carbonyl (C=O) groups excluding carboxylic acids is 1. The number of rotatable bonds is 4. The van der Waals surface area contributed by atoms with E-state index in [1.807, 2.05) is 24.3 Å². The maximum absolute atomic E-state index is 11.8. The molecule has 1 aromatic rings. The first kappa shape index (κ1) is 17.1. The van der Waals surface area contributed by atoms with E-state index in [2.05, 4.69) is 11.4 Å². The predicted molar refractivity (Wildman–Crippen MR) is 88.2 cm³/mol. The van der Waals surface area contributed by atoms with Gasteiger partial charge in [-0.15, -0.1) is 0 Å². The van der Waals surface area contributed by atoms with Crippen LogP contribution in [0.4, 0.5) is 4.79 Å². The van der Waals surface area contributed by atoms with Gasteiger partial charge in [-0.1, -0.05) is 35.9 Å². The van der Waals surface area contributed by atoms with Crippen molar-refractivity contribution < 1.29 is 19.4 Å². The normalized spacial score (nSPS) is 15.2. The number of hydrogen-bond acceptors (Lipinski definition) is 3. The van der Waals surface area contributed by atoms with Crippen LogP contribution in [0.3, 0.4) is 0 Å². The summed E-state index contributed by atoms with van der Waals surface area (Å²) in [5, 5.41) is 11.8. The molecule has 1 unspecified atom stereocenters. The number of amides is 1. The summed E-state index contributed by atoms with van der Waals surface area (Å²) in [4.78, 5) is 23.2. The molecule has 5 heteroatoms. The van der Waals surface area contributed by atoms with Gasteiger partial charge in [0, 0.05) is 0 Å². The molecular weight excluding hydrogens is 294 g/mol. The second kappa shape index (κ2) is 6.86. The minimum atomic E-state index is -1.06. The number of fused-ring (bicyclic) bond motifs is 1. The molecule has 0 saturated heterocycles. The van der Waals surface area contributed by atoms with Crippen LogP contribution < -0.4 is 5.32 Å². The van der Waals surface area contributed by atoms with E-state index in [9.17, 15) is 14.7 Å². The quantitative estimate of drug-likeness (QED) is 0.892. The second-order valence-electron chi connectivity index (χ2n) is 6.74. The lowest BCUT2D eigenvalue weighted by molar-refractivity contribution is -0.139. The summed E-state index contributed by atoms with van der Waals surface area (Å²) in [6.07, 6.45) is 3.29. The van der Waals surface area contributed by atoms with Crippen molar-refractivity contribution >= 4 is 18.1 Å². The zero-order valence-electron chi connectivity index (χ0n) is 13.8. The van der Waals surface area contributed by atoms with Gasteiger partial charge in [0.05, 0.1) is 0 Å². The molecule has 124 valence electrons.